The summed E-state index contributed by atoms with van der Waals surface area (Å²) in [4.78, 5) is 8.81. The molecule has 158 valence electrons. The van der Waals surface area contributed by atoms with E-state index in [1.54, 1.807) is 6.20 Å². The molecule has 0 saturated carbocycles. The molecule has 1 fully saturated rings. The van der Waals surface area contributed by atoms with Crippen molar-refractivity contribution in [3.8, 4) is 11.5 Å². The monoisotopic (exact) mass is 479 g/mol. The van der Waals surface area contributed by atoms with Crippen LogP contribution >= 0.6 is 15.9 Å². The average Bonchev–Trinajstić information content (AvgIpc) is 3.30. The number of benzene rings is 2. The number of nitrogens with zero attached hydrogens (tertiary/aromatic N) is 5. The first-order valence-electron chi connectivity index (χ1n) is 10.2. The molecule has 0 bridgehead atoms. The first kappa shape index (κ1) is 20.0. The van der Waals surface area contributed by atoms with E-state index in [1.807, 2.05) is 36.2 Å². The third-order valence-electron chi connectivity index (χ3n) is 5.44. The summed E-state index contributed by atoms with van der Waals surface area (Å²) in [6, 6.07) is 16.8. The van der Waals surface area contributed by atoms with E-state index in [0.29, 0.717) is 18.5 Å². The molecule has 0 atom stereocenters. The molecule has 1 aliphatic heterocycles. The number of morpholine rings is 1. The summed E-state index contributed by atoms with van der Waals surface area (Å²) in [5.74, 6) is 0.480. The Morgan fingerprint density at radius 1 is 1.03 bits per heavy atom. The van der Waals surface area contributed by atoms with Gasteiger partial charge in [-0.2, -0.15) is 0 Å². The van der Waals surface area contributed by atoms with Gasteiger partial charge < -0.3 is 19.0 Å². The van der Waals surface area contributed by atoms with Crippen LogP contribution in [0.3, 0.4) is 0 Å². The first-order valence-corrected chi connectivity index (χ1v) is 11.0. The quantitative estimate of drug-likeness (QED) is 0.416. The average molecular weight is 480 g/mol. The fourth-order valence-electron chi connectivity index (χ4n) is 3.89. The van der Waals surface area contributed by atoms with E-state index < -0.39 is 0 Å². The zero-order valence-electron chi connectivity index (χ0n) is 17.2. The number of hydrogen-bond acceptors (Lipinski definition) is 7. The molecule has 4 aromatic rings. The zero-order valence-corrected chi connectivity index (χ0v) is 18.7. The van der Waals surface area contributed by atoms with E-state index in [-0.39, 0.29) is 0 Å². The Bertz CT molecular complexity index is 1210. The van der Waals surface area contributed by atoms with Crippen molar-refractivity contribution in [3.63, 3.8) is 0 Å². The van der Waals surface area contributed by atoms with Crippen molar-refractivity contribution in [2.45, 2.75) is 6.54 Å². The minimum atomic E-state index is 0.478. The number of halogens is 1. The Morgan fingerprint density at radius 2 is 1.87 bits per heavy atom. The summed E-state index contributed by atoms with van der Waals surface area (Å²) in [7, 11) is 1.97. The number of rotatable bonds is 5. The molecule has 0 unspecified atom stereocenters. The molecule has 3 heterocycles. The van der Waals surface area contributed by atoms with Crippen molar-refractivity contribution in [2.24, 2.45) is 0 Å². The standard InChI is InChI=1S/C23H22BrN5O2/c1-28(15-16-5-2-3-8-20(16)29-11-13-30-14-12-29)23-27-26-22(31-23)18-9-10-25-21-17(18)6-4-7-19(21)24/h2-10H,11-15H2,1H3. The SMILES string of the molecule is CN(Cc1ccccc1N1CCOCC1)c1nnc(-c2ccnc3c(Br)cccc23)o1. The summed E-state index contributed by atoms with van der Waals surface area (Å²) in [6.07, 6.45) is 1.76. The second-order valence-corrected chi connectivity index (χ2v) is 8.32. The second kappa shape index (κ2) is 8.64. The Kier molecular flexibility index (Phi) is 5.57. The number of hydrogen-bond donors (Lipinski definition) is 0. The third kappa shape index (κ3) is 4.00. The molecule has 31 heavy (non-hydrogen) atoms. The number of para-hydroxylation sites is 2. The normalized spacial score (nSPS) is 14.2. The Morgan fingerprint density at radius 3 is 2.74 bits per heavy atom. The number of aromatic nitrogens is 3. The van der Waals surface area contributed by atoms with Gasteiger partial charge in [0.2, 0.25) is 5.89 Å². The van der Waals surface area contributed by atoms with E-state index in [9.17, 15) is 0 Å². The predicted octanol–water partition coefficient (Wildman–Crippen LogP) is 4.52. The lowest BCUT2D eigenvalue weighted by Crippen LogP contribution is -2.37. The largest absolute Gasteiger partial charge is 0.403 e. The fourth-order valence-corrected chi connectivity index (χ4v) is 4.35. The van der Waals surface area contributed by atoms with E-state index in [2.05, 4.69) is 60.3 Å². The molecule has 0 radical (unpaired) electrons. The summed E-state index contributed by atoms with van der Waals surface area (Å²) in [6.45, 7) is 3.98. The van der Waals surface area contributed by atoms with Crippen molar-refractivity contribution in [1.29, 1.82) is 0 Å². The van der Waals surface area contributed by atoms with Crippen LogP contribution in [0.15, 0.2) is 63.6 Å². The molecule has 2 aromatic carbocycles. The van der Waals surface area contributed by atoms with Gasteiger partial charge >= 0.3 is 6.01 Å². The molecule has 0 amide bonds. The van der Waals surface area contributed by atoms with Crippen LogP contribution in [0.5, 0.6) is 0 Å². The molecule has 2 aromatic heterocycles. The number of anilines is 2. The van der Waals surface area contributed by atoms with Crippen LogP contribution in [0, 0.1) is 0 Å². The lowest BCUT2D eigenvalue weighted by atomic mass is 10.1. The van der Waals surface area contributed by atoms with E-state index in [0.717, 1.165) is 47.2 Å². The first-order chi connectivity index (χ1) is 15.2. The van der Waals surface area contributed by atoms with Gasteiger partial charge in [0, 0.05) is 54.0 Å². The van der Waals surface area contributed by atoms with Crippen LogP contribution in [-0.2, 0) is 11.3 Å². The maximum Gasteiger partial charge on any atom is 0.318 e. The maximum absolute atomic E-state index is 6.06. The Hall–Kier alpha value is -2.97. The summed E-state index contributed by atoms with van der Waals surface area (Å²) in [5.41, 5.74) is 4.17. The van der Waals surface area contributed by atoms with Crippen LogP contribution in [0.4, 0.5) is 11.7 Å². The second-order valence-electron chi connectivity index (χ2n) is 7.47. The van der Waals surface area contributed by atoms with E-state index >= 15 is 0 Å². The lowest BCUT2D eigenvalue weighted by molar-refractivity contribution is 0.122. The molecule has 1 aliphatic rings. The molecule has 0 spiro atoms. The molecule has 0 aliphatic carbocycles. The van der Waals surface area contributed by atoms with Crippen molar-refractivity contribution >= 4 is 38.5 Å². The minimum Gasteiger partial charge on any atom is -0.403 e. The van der Waals surface area contributed by atoms with Crippen LogP contribution in [0.25, 0.3) is 22.4 Å². The minimum absolute atomic E-state index is 0.478. The summed E-state index contributed by atoms with van der Waals surface area (Å²) < 4.78 is 12.5. The molecule has 1 saturated heterocycles. The molecule has 0 N–H and O–H groups in total. The van der Waals surface area contributed by atoms with Gasteiger partial charge in [-0.3, -0.25) is 4.98 Å². The lowest BCUT2D eigenvalue weighted by Gasteiger charge is -2.31. The molecule has 5 rings (SSSR count). The van der Waals surface area contributed by atoms with E-state index in [1.165, 1.54) is 11.3 Å². The van der Waals surface area contributed by atoms with Crippen molar-refractivity contribution in [1.82, 2.24) is 15.2 Å². The van der Waals surface area contributed by atoms with Crippen LogP contribution in [0.2, 0.25) is 0 Å². The van der Waals surface area contributed by atoms with Crippen LogP contribution in [-0.4, -0.2) is 48.5 Å². The van der Waals surface area contributed by atoms with Crippen molar-refractivity contribution in [2.75, 3.05) is 43.2 Å². The maximum atomic E-state index is 6.06. The van der Waals surface area contributed by atoms with Gasteiger partial charge in [0.25, 0.3) is 0 Å². The number of pyridine rings is 1. The van der Waals surface area contributed by atoms with Gasteiger partial charge in [0.15, 0.2) is 0 Å². The topological polar surface area (TPSA) is 67.5 Å². The van der Waals surface area contributed by atoms with Gasteiger partial charge in [-0.15, -0.1) is 5.10 Å². The molecular weight excluding hydrogens is 458 g/mol. The molecule has 7 nitrogen and oxygen atoms in total. The van der Waals surface area contributed by atoms with Gasteiger partial charge in [0.1, 0.15) is 0 Å². The van der Waals surface area contributed by atoms with E-state index in [4.69, 9.17) is 9.15 Å². The van der Waals surface area contributed by atoms with Gasteiger partial charge in [-0.05, 0) is 39.7 Å². The summed E-state index contributed by atoms with van der Waals surface area (Å²) >= 11 is 3.56. The van der Waals surface area contributed by atoms with Crippen LogP contribution in [0.1, 0.15) is 5.56 Å². The van der Waals surface area contributed by atoms with Gasteiger partial charge in [-0.1, -0.05) is 35.4 Å². The highest BCUT2D eigenvalue weighted by molar-refractivity contribution is 9.10. The Labute approximate surface area is 188 Å². The van der Waals surface area contributed by atoms with Crippen molar-refractivity contribution in [3.05, 3.63) is 64.8 Å². The predicted molar refractivity (Wildman–Crippen MR) is 124 cm³/mol. The number of ether oxygens (including phenoxy) is 1. The molecular formula is C23H22BrN5O2. The highest BCUT2D eigenvalue weighted by Gasteiger charge is 2.19. The fraction of sp³-hybridized carbons (Fsp3) is 0.261. The third-order valence-corrected chi connectivity index (χ3v) is 6.08. The highest BCUT2D eigenvalue weighted by atomic mass is 79.9. The highest BCUT2D eigenvalue weighted by Crippen LogP contribution is 2.32. The van der Waals surface area contributed by atoms with Gasteiger partial charge in [0.05, 0.1) is 18.7 Å². The summed E-state index contributed by atoms with van der Waals surface area (Å²) in [5, 5.41) is 9.58. The number of fused-ring (bicyclic) bond motifs is 1. The van der Waals surface area contributed by atoms with Crippen molar-refractivity contribution < 1.29 is 9.15 Å². The van der Waals surface area contributed by atoms with Crippen LogP contribution < -0.4 is 9.80 Å². The smallest absolute Gasteiger partial charge is 0.318 e. The van der Waals surface area contributed by atoms with Gasteiger partial charge in [-0.25, -0.2) is 0 Å². The Balaban J connectivity index is 1.41. The zero-order chi connectivity index (χ0) is 21.2. The molecule has 8 heteroatoms.